The number of nitrogens with zero attached hydrogens (tertiary/aromatic N) is 1. The van der Waals surface area contributed by atoms with E-state index < -0.39 is 22.5 Å². The Morgan fingerprint density at radius 1 is 1.16 bits per heavy atom. The molecule has 0 heterocycles. The van der Waals surface area contributed by atoms with Gasteiger partial charge in [-0.05, 0) is 42.8 Å². The van der Waals surface area contributed by atoms with Crippen molar-refractivity contribution in [3.05, 3.63) is 59.1 Å². The molecule has 6 nitrogen and oxygen atoms in total. The molecule has 0 aliphatic carbocycles. The van der Waals surface area contributed by atoms with E-state index in [0.717, 1.165) is 4.31 Å². The zero-order valence-corrected chi connectivity index (χ0v) is 15.3. The third kappa shape index (κ3) is 4.94. The van der Waals surface area contributed by atoms with Crippen LogP contribution in [0.2, 0.25) is 5.02 Å². The summed E-state index contributed by atoms with van der Waals surface area (Å²) in [6.45, 7) is 1.81. The van der Waals surface area contributed by atoms with Crippen LogP contribution < -0.4 is 10.5 Å². The van der Waals surface area contributed by atoms with Crippen LogP contribution in [0.4, 0.5) is 0 Å². The van der Waals surface area contributed by atoms with Crippen molar-refractivity contribution in [2.75, 3.05) is 13.2 Å². The molecular formula is C17H19ClN2O4S. The van der Waals surface area contributed by atoms with E-state index in [-0.39, 0.29) is 11.4 Å². The van der Waals surface area contributed by atoms with E-state index in [9.17, 15) is 13.2 Å². The first-order valence-electron chi connectivity index (χ1n) is 7.59. The molecule has 1 amide bonds. The number of carbonyl (C=O) groups is 1. The summed E-state index contributed by atoms with van der Waals surface area (Å²) in [6, 6.07) is 12.8. The second-order valence-corrected chi connectivity index (χ2v) is 7.58. The van der Waals surface area contributed by atoms with Crippen LogP contribution in [0, 0.1) is 0 Å². The Hall–Kier alpha value is -2.09. The van der Waals surface area contributed by atoms with E-state index in [2.05, 4.69) is 0 Å². The smallest absolute Gasteiger partial charge is 0.243 e. The molecule has 2 rings (SSSR count). The first-order valence-corrected chi connectivity index (χ1v) is 9.41. The van der Waals surface area contributed by atoms with Crippen molar-refractivity contribution in [1.82, 2.24) is 4.31 Å². The Morgan fingerprint density at radius 3 is 2.36 bits per heavy atom. The van der Waals surface area contributed by atoms with E-state index in [1.54, 1.807) is 36.4 Å². The van der Waals surface area contributed by atoms with Crippen LogP contribution in [0.25, 0.3) is 0 Å². The van der Waals surface area contributed by atoms with Crippen LogP contribution in [-0.4, -0.2) is 31.8 Å². The molecule has 25 heavy (non-hydrogen) atoms. The molecule has 0 radical (unpaired) electrons. The molecule has 0 fully saturated rings. The van der Waals surface area contributed by atoms with Gasteiger partial charge >= 0.3 is 0 Å². The minimum absolute atomic E-state index is 0.0456. The predicted molar refractivity (Wildman–Crippen MR) is 95.9 cm³/mol. The number of nitrogens with two attached hydrogens (primary N) is 1. The summed E-state index contributed by atoms with van der Waals surface area (Å²) < 4.78 is 32.1. The first kappa shape index (κ1) is 19.2. The highest BCUT2D eigenvalue weighted by molar-refractivity contribution is 7.89. The minimum Gasteiger partial charge on any atom is -0.494 e. The summed E-state index contributed by atoms with van der Waals surface area (Å²) in [6.07, 6.45) is 0. The largest absolute Gasteiger partial charge is 0.494 e. The summed E-state index contributed by atoms with van der Waals surface area (Å²) in [5.41, 5.74) is 5.81. The van der Waals surface area contributed by atoms with Gasteiger partial charge in [0.15, 0.2) is 0 Å². The van der Waals surface area contributed by atoms with Gasteiger partial charge < -0.3 is 10.5 Å². The molecule has 134 valence electrons. The number of hydrogen-bond acceptors (Lipinski definition) is 4. The molecule has 2 aromatic rings. The van der Waals surface area contributed by atoms with Crippen molar-refractivity contribution in [2.24, 2.45) is 5.73 Å². The molecular weight excluding hydrogens is 364 g/mol. The molecule has 0 aliphatic heterocycles. The number of primary amides is 1. The Balaban J connectivity index is 2.34. The van der Waals surface area contributed by atoms with Crippen molar-refractivity contribution >= 4 is 27.5 Å². The van der Waals surface area contributed by atoms with Crippen LogP contribution in [0.15, 0.2) is 53.4 Å². The number of sulfonamides is 1. The van der Waals surface area contributed by atoms with Gasteiger partial charge in [-0.25, -0.2) is 8.42 Å². The van der Waals surface area contributed by atoms with Gasteiger partial charge in [0.25, 0.3) is 0 Å². The first-order chi connectivity index (χ1) is 11.8. The Labute approximate surface area is 152 Å². The summed E-state index contributed by atoms with van der Waals surface area (Å²) >= 11 is 6.10. The van der Waals surface area contributed by atoms with E-state index >= 15 is 0 Å². The average Bonchev–Trinajstić information content (AvgIpc) is 2.56. The zero-order chi connectivity index (χ0) is 18.4. The van der Waals surface area contributed by atoms with Crippen LogP contribution in [0.3, 0.4) is 0 Å². The molecule has 0 saturated carbocycles. The SMILES string of the molecule is CCOc1ccc(S(=O)(=O)N(CC(N)=O)Cc2ccccc2Cl)cc1. The molecule has 2 N–H and O–H groups in total. The highest BCUT2D eigenvalue weighted by atomic mass is 35.5. The van der Waals surface area contributed by atoms with E-state index in [0.29, 0.717) is 22.9 Å². The number of rotatable bonds is 8. The Kier molecular flexibility index (Phi) is 6.41. The zero-order valence-electron chi connectivity index (χ0n) is 13.7. The maximum Gasteiger partial charge on any atom is 0.243 e. The molecule has 0 aromatic heterocycles. The van der Waals surface area contributed by atoms with Gasteiger partial charge in [-0.1, -0.05) is 29.8 Å². The van der Waals surface area contributed by atoms with Gasteiger partial charge in [0.1, 0.15) is 5.75 Å². The highest BCUT2D eigenvalue weighted by Crippen LogP contribution is 2.23. The normalized spacial score (nSPS) is 11.5. The van der Waals surface area contributed by atoms with E-state index in [1.807, 2.05) is 6.92 Å². The summed E-state index contributed by atoms with van der Waals surface area (Å²) in [4.78, 5) is 11.4. The van der Waals surface area contributed by atoms with Gasteiger partial charge in [0.05, 0.1) is 18.0 Å². The molecule has 2 aromatic carbocycles. The maximum atomic E-state index is 12.9. The summed E-state index contributed by atoms with van der Waals surface area (Å²) in [7, 11) is -3.92. The molecule has 0 atom stereocenters. The topological polar surface area (TPSA) is 89.7 Å². The third-order valence-electron chi connectivity index (χ3n) is 3.41. The van der Waals surface area contributed by atoms with Crippen LogP contribution in [-0.2, 0) is 21.4 Å². The second kappa shape index (κ2) is 8.33. The molecule has 0 aliphatic rings. The molecule has 8 heteroatoms. The van der Waals surface area contributed by atoms with Gasteiger partial charge in [-0.3, -0.25) is 4.79 Å². The highest BCUT2D eigenvalue weighted by Gasteiger charge is 2.26. The number of ether oxygens (including phenoxy) is 1. The van der Waals surface area contributed by atoms with Crippen LogP contribution in [0.1, 0.15) is 12.5 Å². The number of amides is 1. The third-order valence-corrected chi connectivity index (χ3v) is 5.58. The van der Waals surface area contributed by atoms with E-state index in [1.165, 1.54) is 12.1 Å². The molecule has 0 spiro atoms. The molecule has 0 unspecified atom stereocenters. The number of hydrogen-bond donors (Lipinski definition) is 1. The number of halogens is 1. The monoisotopic (exact) mass is 382 g/mol. The average molecular weight is 383 g/mol. The summed E-state index contributed by atoms with van der Waals surface area (Å²) in [5.74, 6) is -0.185. The number of benzene rings is 2. The second-order valence-electron chi connectivity index (χ2n) is 5.24. The number of carbonyl (C=O) groups excluding carboxylic acids is 1. The quantitative estimate of drug-likeness (QED) is 0.759. The standard InChI is InChI=1S/C17H19ClN2O4S/c1-2-24-14-7-9-15(10-8-14)25(22,23)20(12-17(19)21)11-13-5-3-4-6-16(13)18/h3-10H,2,11-12H2,1H3,(H2,19,21). The lowest BCUT2D eigenvalue weighted by atomic mass is 10.2. The molecule has 0 saturated heterocycles. The maximum absolute atomic E-state index is 12.9. The van der Waals surface area contributed by atoms with Crippen molar-refractivity contribution in [2.45, 2.75) is 18.4 Å². The lowest BCUT2D eigenvalue weighted by molar-refractivity contribution is -0.118. The van der Waals surface area contributed by atoms with Crippen LogP contribution >= 0.6 is 11.6 Å². The van der Waals surface area contributed by atoms with Gasteiger partial charge in [0, 0.05) is 11.6 Å². The fourth-order valence-corrected chi connectivity index (χ4v) is 3.82. The Bertz CT molecular complexity index is 838. The fraction of sp³-hybridized carbons (Fsp3) is 0.235. The Morgan fingerprint density at radius 2 is 1.80 bits per heavy atom. The van der Waals surface area contributed by atoms with Crippen molar-refractivity contribution < 1.29 is 17.9 Å². The lowest BCUT2D eigenvalue weighted by Gasteiger charge is -2.21. The van der Waals surface area contributed by atoms with Crippen molar-refractivity contribution in [3.63, 3.8) is 0 Å². The van der Waals surface area contributed by atoms with Crippen molar-refractivity contribution in [1.29, 1.82) is 0 Å². The van der Waals surface area contributed by atoms with Crippen LogP contribution in [0.5, 0.6) is 5.75 Å². The van der Waals surface area contributed by atoms with Crippen molar-refractivity contribution in [3.8, 4) is 5.75 Å². The minimum atomic E-state index is -3.92. The molecule has 0 bridgehead atoms. The fourth-order valence-electron chi connectivity index (χ4n) is 2.24. The van der Waals surface area contributed by atoms with Gasteiger partial charge in [-0.15, -0.1) is 0 Å². The lowest BCUT2D eigenvalue weighted by Crippen LogP contribution is -2.38. The van der Waals surface area contributed by atoms with Gasteiger partial charge in [-0.2, -0.15) is 4.31 Å². The van der Waals surface area contributed by atoms with Gasteiger partial charge in [0.2, 0.25) is 15.9 Å². The predicted octanol–water partition coefficient (Wildman–Crippen LogP) is 2.41. The summed E-state index contributed by atoms with van der Waals surface area (Å²) in [5, 5.41) is 0.416. The van der Waals surface area contributed by atoms with E-state index in [4.69, 9.17) is 22.1 Å².